The fourth-order valence-electron chi connectivity index (χ4n) is 0.912. The van der Waals surface area contributed by atoms with Gasteiger partial charge in [-0.05, 0) is 20.8 Å². The van der Waals surface area contributed by atoms with Gasteiger partial charge in [0.05, 0.1) is 0 Å². The van der Waals surface area contributed by atoms with Crippen LogP contribution in [-0.4, -0.2) is 51.6 Å². The average molecular weight is 317 g/mol. The fourth-order valence-corrected chi connectivity index (χ4v) is 2.73. The van der Waals surface area contributed by atoms with Gasteiger partial charge in [0, 0.05) is 26.4 Å². The van der Waals surface area contributed by atoms with Gasteiger partial charge in [0.1, 0.15) is 0 Å². The predicted octanol–water partition coefficient (Wildman–Crippen LogP) is 0.897. The second-order valence-corrected chi connectivity index (χ2v) is 4.75. The number of hydrogen-bond acceptors (Lipinski definition) is 4. The molecule has 0 unspecified atom stereocenters. The van der Waals surface area contributed by atoms with Crippen LogP contribution in [0.5, 0.6) is 0 Å². The summed E-state index contributed by atoms with van der Waals surface area (Å²) in [5.41, 5.74) is 0. The molecular formula is C7H19O4SbSi. The molecule has 0 aromatic heterocycles. The Labute approximate surface area is 95.2 Å². The summed E-state index contributed by atoms with van der Waals surface area (Å²) < 4.78 is 24.6. The van der Waals surface area contributed by atoms with Gasteiger partial charge in [-0.25, -0.2) is 0 Å². The Hall–Kier alpha value is 0.715. The summed E-state index contributed by atoms with van der Waals surface area (Å²) in [4.78, 5) is 0. The van der Waals surface area contributed by atoms with Crippen molar-refractivity contribution in [3.8, 4) is 0 Å². The minimum absolute atomic E-state index is 0.300. The van der Waals surface area contributed by atoms with Crippen LogP contribution in [0.4, 0.5) is 0 Å². The van der Waals surface area contributed by atoms with Crippen molar-refractivity contribution in [3.63, 3.8) is 0 Å². The second kappa shape index (κ2) is 10.8. The summed E-state index contributed by atoms with van der Waals surface area (Å²) in [6, 6.07) is 0. The standard InChI is InChI=1S/C7H18O3Si.O.Sb.H/c1-5-8-11(4,9-6-2)10-7-3;;;/h5-7H2,1-4H3;;;. The Morgan fingerprint density at radius 3 is 1.31 bits per heavy atom. The molecule has 80 valence electrons. The zero-order valence-corrected chi connectivity index (χ0v) is 12.6. The molecule has 0 rings (SSSR count). The Kier molecular flexibility index (Phi) is 13.4. The summed E-state index contributed by atoms with van der Waals surface area (Å²) in [5.74, 6) is 0. The van der Waals surface area contributed by atoms with Gasteiger partial charge >= 0.3 is 34.8 Å². The third kappa shape index (κ3) is 9.03. The first-order valence-corrected chi connectivity index (χ1v) is 7.69. The zero-order chi connectivity index (χ0) is 10.7. The second-order valence-electron chi connectivity index (χ2n) is 2.16. The molecule has 0 saturated heterocycles. The van der Waals surface area contributed by atoms with Crippen LogP contribution in [-0.2, 0) is 16.3 Å². The van der Waals surface area contributed by atoms with E-state index in [1.54, 1.807) is 0 Å². The van der Waals surface area contributed by atoms with Gasteiger partial charge in [-0.1, -0.05) is 0 Å². The van der Waals surface area contributed by atoms with E-state index in [1.807, 2.05) is 27.3 Å². The van der Waals surface area contributed by atoms with E-state index in [-0.39, 0.29) is 0 Å². The van der Waals surface area contributed by atoms with Crippen LogP contribution in [0.1, 0.15) is 20.8 Å². The van der Waals surface area contributed by atoms with Crippen molar-refractivity contribution in [2.45, 2.75) is 27.3 Å². The molecule has 0 fully saturated rings. The van der Waals surface area contributed by atoms with E-state index >= 15 is 0 Å². The van der Waals surface area contributed by atoms with Crippen LogP contribution in [0.3, 0.4) is 0 Å². The van der Waals surface area contributed by atoms with Crippen LogP contribution < -0.4 is 0 Å². The monoisotopic (exact) mass is 316 g/mol. The van der Waals surface area contributed by atoms with E-state index in [2.05, 4.69) is 0 Å². The van der Waals surface area contributed by atoms with Crippen LogP contribution in [0.15, 0.2) is 0 Å². The Balaban J connectivity index is 0. The molecule has 0 spiro atoms. The molecule has 6 heteroatoms. The third-order valence-electron chi connectivity index (χ3n) is 1.22. The first-order chi connectivity index (χ1) is 6.18. The molecule has 0 saturated carbocycles. The maximum absolute atomic E-state index is 8.34. The van der Waals surface area contributed by atoms with Crippen molar-refractivity contribution in [3.05, 3.63) is 0 Å². The molecule has 0 radical (unpaired) electrons. The van der Waals surface area contributed by atoms with E-state index in [9.17, 15) is 0 Å². The molecule has 0 aromatic carbocycles. The van der Waals surface area contributed by atoms with Crippen molar-refractivity contribution < 1.29 is 16.3 Å². The molecule has 0 N–H and O–H groups in total. The molecule has 0 heterocycles. The molecule has 0 atom stereocenters. The molecule has 0 amide bonds. The average Bonchev–Trinajstić information content (AvgIpc) is 2.09. The van der Waals surface area contributed by atoms with Crippen LogP contribution in [0.2, 0.25) is 6.55 Å². The van der Waals surface area contributed by atoms with Crippen molar-refractivity contribution >= 4 is 31.8 Å². The molecule has 13 heavy (non-hydrogen) atoms. The number of hydrogen-bond donors (Lipinski definition) is 0. The predicted molar refractivity (Wildman–Crippen MR) is 54.3 cm³/mol. The minimum atomic E-state index is -2.25. The molecule has 0 bridgehead atoms. The first kappa shape index (κ1) is 16.2. The summed E-state index contributed by atoms with van der Waals surface area (Å²) in [7, 11) is -2.25. The molecule has 0 aromatic rings. The van der Waals surface area contributed by atoms with E-state index < -0.39 is 8.80 Å². The Bertz CT molecular complexity index is 97.6. The summed E-state index contributed by atoms with van der Waals surface area (Å²) in [6.07, 6.45) is 0. The zero-order valence-electron chi connectivity index (χ0n) is 8.75. The van der Waals surface area contributed by atoms with Crippen LogP contribution in [0, 0.1) is 0 Å². The van der Waals surface area contributed by atoms with Gasteiger partial charge in [0.25, 0.3) is 0 Å². The summed E-state index contributed by atoms with van der Waals surface area (Å²) in [6.45, 7) is 9.73. The third-order valence-corrected chi connectivity index (χ3v) is 3.66. The molecule has 0 aliphatic carbocycles. The molecule has 0 aliphatic heterocycles. The summed E-state index contributed by atoms with van der Waals surface area (Å²) >= 11 is 0.300. The fraction of sp³-hybridized carbons (Fsp3) is 1.00. The topological polar surface area (TPSA) is 44.8 Å². The van der Waals surface area contributed by atoms with Gasteiger partial charge in [0.2, 0.25) is 0 Å². The van der Waals surface area contributed by atoms with Crippen molar-refractivity contribution in [2.75, 3.05) is 19.8 Å². The first-order valence-electron chi connectivity index (χ1n) is 4.30. The van der Waals surface area contributed by atoms with E-state index in [1.165, 1.54) is 0 Å². The van der Waals surface area contributed by atoms with Gasteiger partial charge in [-0.2, -0.15) is 0 Å². The quantitative estimate of drug-likeness (QED) is 0.683. The Morgan fingerprint density at radius 2 is 1.15 bits per heavy atom. The Morgan fingerprint density at radius 1 is 0.923 bits per heavy atom. The summed E-state index contributed by atoms with van der Waals surface area (Å²) in [5, 5.41) is 0. The van der Waals surface area contributed by atoms with Gasteiger partial charge in [0.15, 0.2) is 0 Å². The normalized spacial score (nSPS) is 10.5. The van der Waals surface area contributed by atoms with Crippen LogP contribution in [0.25, 0.3) is 0 Å². The van der Waals surface area contributed by atoms with Crippen molar-refractivity contribution in [1.82, 2.24) is 0 Å². The van der Waals surface area contributed by atoms with Gasteiger partial charge in [-0.3, -0.25) is 0 Å². The van der Waals surface area contributed by atoms with E-state index in [4.69, 9.17) is 16.3 Å². The van der Waals surface area contributed by atoms with Crippen molar-refractivity contribution in [2.24, 2.45) is 0 Å². The SMILES string of the molecule is CCO[Si](C)(OCC)OCC.[O]=[SbH]. The van der Waals surface area contributed by atoms with Crippen LogP contribution >= 0.6 is 0 Å². The van der Waals surface area contributed by atoms with Gasteiger partial charge < -0.3 is 13.3 Å². The molecule has 0 aliphatic rings. The van der Waals surface area contributed by atoms with Crippen molar-refractivity contribution in [1.29, 1.82) is 0 Å². The maximum atomic E-state index is 8.34. The molecule has 4 nitrogen and oxygen atoms in total. The van der Waals surface area contributed by atoms with E-state index in [0.717, 1.165) is 0 Å². The van der Waals surface area contributed by atoms with E-state index in [0.29, 0.717) is 42.8 Å². The number of rotatable bonds is 6. The van der Waals surface area contributed by atoms with Gasteiger partial charge in [-0.15, -0.1) is 0 Å². The molecular weight excluding hydrogens is 298 g/mol.